The molecule has 0 saturated carbocycles. The van der Waals surface area contributed by atoms with E-state index < -0.39 is 0 Å². The largest absolute Gasteiger partial charge is 0.324 e. The molecule has 0 radical (unpaired) electrons. The summed E-state index contributed by atoms with van der Waals surface area (Å²) in [6.07, 6.45) is 5.30. The number of hydrogen-bond acceptors (Lipinski definition) is 2. The van der Waals surface area contributed by atoms with Crippen LogP contribution in [-0.2, 0) is 13.5 Å². The number of aryl methyl sites for hydroxylation is 3. The molecule has 0 aliphatic heterocycles. The molecule has 1 unspecified atom stereocenters. The van der Waals surface area contributed by atoms with Gasteiger partial charge in [0.15, 0.2) is 0 Å². The Morgan fingerprint density at radius 3 is 2.83 bits per heavy atom. The molecule has 1 aromatic heterocycles. The Morgan fingerprint density at radius 1 is 1.44 bits per heavy atom. The van der Waals surface area contributed by atoms with Crippen molar-refractivity contribution >= 4 is 0 Å². The van der Waals surface area contributed by atoms with E-state index in [1.807, 2.05) is 32.4 Å². The quantitative estimate of drug-likeness (QED) is 0.902. The van der Waals surface area contributed by atoms with Gasteiger partial charge in [-0.1, -0.05) is 12.1 Å². The molecule has 1 aromatic carbocycles. The molecule has 0 spiro atoms. The third-order valence-electron chi connectivity index (χ3n) is 3.06. The topological polar surface area (TPSA) is 43.8 Å². The van der Waals surface area contributed by atoms with E-state index >= 15 is 0 Å². The molecule has 0 aliphatic rings. The monoisotopic (exact) mass is 247 g/mol. The van der Waals surface area contributed by atoms with Crippen molar-refractivity contribution in [1.82, 2.24) is 9.78 Å². The third kappa shape index (κ3) is 2.96. The molecule has 3 nitrogen and oxygen atoms in total. The molecule has 18 heavy (non-hydrogen) atoms. The number of rotatable bonds is 4. The summed E-state index contributed by atoms with van der Waals surface area (Å²) in [4.78, 5) is 0. The van der Waals surface area contributed by atoms with Crippen molar-refractivity contribution < 1.29 is 4.39 Å². The number of nitrogens with two attached hydrogens (primary N) is 1. The van der Waals surface area contributed by atoms with Gasteiger partial charge in [-0.25, -0.2) is 4.39 Å². The molecule has 0 saturated heterocycles. The van der Waals surface area contributed by atoms with E-state index in [0.717, 1.165) is 17.5 Å². The third-order valence-corrected chi connectivity index (χ3v) is 3.06. The van der Waals surface area contributed by atoms with Crippen LogP contribution >= 0.6 is 0 Å². The first-order chi connectivity index (χ1) is 8.56. The maximum absolute atomic E-state index is 13.7. The van der Waals surface area contributed by atoms with Gasteiger partial charge >= 0.3 is 0 Å². The smallest absolute Gasteiger partial charge is 0.128 e. The zero-order chi connectivity index (χ0) is 13.1. The molecule has 0 amide bonds. The molecule has 1 heterocycles. The number of halogens is 1. The van der Waals surface area contributed by atoms with E-state index in [2.05, 4.69) is 5.10 Å². The fourth-order valence-electron chi connectivity index (χ4n) is 2.01. The Kier molecular flexibility index (Phi) is 3.77. The lowest BCUT2D eigenvalue weighted by Gasteiger charge is -2.12. The number of nitrogens with zero attached hydrogens (tertiary/aromatic N) is 2. The Balaban J connectivity index is 2.01. The van der Waals surface area contributed by atoms with E-state index in [0.29, 0.717) is 12.0 Å². The summed E-state index contributed by atoms with van der Waals surface area (Å²) in [6.45, 7) is 1.87. The molecule has 0 aliphatic carbocycles. The van der Waals surface area contributed by atoms with E-state index in [9.17, 15) is 4.39 Å². The SMILES string of the molecule is Cc1ccc(C(N)CCc2cnn(C)c2)c(F)c1. The van der Waals surface area contributed by atoms with Gasteiger partial charge < -0.3 is 5.73 Å². The van der Waals surface area contributed by atoms with Crippen LogP contribution < -0.4 is 5.73 Å². The lowest BCUT2D eigenvalue weighted by molar-refractivity contribution is 0.563. The minimum absolute atomic E-state index is 0.214. The van der Waals surface area contributed by atoms with Crippen LogP contribution in [-0.4, -0.2) is 9.78 Å². The first-order valence-corrected chi connectivity index (χ1v) is 6.05. The van der Waals surface area contributed by atoms with Crippen LogP contribution in [0.4, 0.5) is 4.39 Å². The van der Waals surface area contributed by atoms with Crippen molar-refractivity contribution in [2.75, 3.05) is 0 Å². The predicted octanol–water partition coefficient (Wildman–Crippen LogP) is 2.50. The Morgan fingerprint density at radius 2 is 2.22 bits per heavy atom. The Labute approximate surface area is 106 Å². The summed E-state index contributed by atoms with van der Waals surface area (Å²) in [5.74, 6) is -0.214. The number of hydrogen-bond donors (Lipinski definition) is 1. The lowest BCUT2D eigenvalue weighted by Crippen LogP contribution is -2.13. The highest BCUT2D eigenvalue weighted by molar-refractivity contribution is 5.26. The minimum atomic E-state index is -0.272. The molecule has 4 heteroatoms. The van der Waals surface area contributed by atoms with Crippen LogP contribution in [0.25, 0.3) is 0 Å². The maximum Gasteiger partial charge on any atom is 0.128 e. The standard InChI is InChI=1S/C14H18FN3/c1-10-3-5-12(13(15)7-10)14(16)6-4-11-8-17-18(2)9-11/h3,5,7-9,14H,4,6,16H2,1-2H3. The molecule has 2 N–H and O–H groups in total. The summed E-state index contributed by atoms with van der Waals surface area (Å²) in [6, 6.07) is 4.92. The van der Waals surface area contributed by atoms with Gasteiger partial charge in [0.2, 0.25) is 0 Å². The summed E-state index contributed by atoms with van der Waals surface area (Å²) in [7, 11) is 1.88. The van der Waals surface area contributed by atoms with Gasteiger partial charge in [0, 0.05) is 24.8 Å². The molecular formula is C14H18FN3. The van der Waals surface area contributed by atoms with Crippen LogP contribution in [0.3, 0.4) is 0 Å². The second-order valence-corrected chi connectivity index (χ2v) is 4.69. The highest BCUT2D eigenvalue weighted by Crippen LogP contribution is 2.20. The zero-order valence-electron chi connectivity index (χ0n) is 10.7. The van der Waals surface area contributed by atoms with E-state index in [1.54, 1.807) is 10.7 Å². The molecule has 1 atom stereocenters. The zero-order valence-corrected chi connectivity index (χ0v) is 10.7. The fraction of sp³-hybridized carbons (Fsp3) is 0.357. The van der Waals surface area contributed by atoms with Crippen molar-refractivity contribution in [2.24, 2.45) is 12.8 Å². The first kappa shape index (κ1) is 12.8. The molecule has 0 bridgehead atoms. The van der Waals surface area contributed by atoms with Gasteiger partial charge in [0.05, 0.1) is 6.20 Å². The van der Waals surface area contributed by atoms with Crippen molar-refractivity contribution in [1.29, 1.82) is 0 Å². The normalized spacial score (nSPS) is 12.7. The minimum Gasteiger partial charge on any atom is -0.324 e. The highest BCUT2D eigenvalue weighted by atomic mass is 19.1. The second-order valence-electron chi connectivity index (χ2n) is 4.69. The summed E-state index contributed by atoms with van der Waals surface area (Å²) < 4.78 is 15.5. The number of aromatic nitrogens is 2. The predicted molar refractivity (Wildman–Crippen MR) is 69.6 cm³/mol. The fourth-order valence-corrected chi connectivity index (χ4v) is 2.01. The molecule has 2 aromatic rings. The highest BCUT2D eigenvalue weighted by Gasteiger charge is 2.11. The van der Waals surface area contributed by atoms with E-state index in [1.165, 1.54) is 6.07 Å². The van der Waals surface area contributed by atoms with Gasteiger partial charge in [0.25, 0.3) is 0 Å². The molecule has 96 valence electrons. The van der Waals surface area contributed by atoms with Gasteiger partial charge in [0.1, 0.15) is 5.82 Å². The summed E-state index contributed by atoms with van der Waals surface area (Å²) >= 11 is 0. The van der Waals surface area contributed by atoms with Crippen LogP contribution in [0.1, 0.15) is 29.2 Å². The first-order valence-electron chi connectivity index (χ1n) is 6.05. The lowest BCUT2D eigenvalue weighted by atomic mass is 9.99. The van der Waals surface area contributed by atoms with Crippen LogP contribution in [0.15, 0.2) is 30.6 Å². The van der Waals surface area contributed by atoms with Crippen LogP contribution in [0, 0.1) is 12.7 Å². The number of benzene rings is 1. The van der Waals surface area contributed by atoms with Gasteiger partial charge in [-0.15, -0.1) is 0 Å². The van der Waals surface area contributed by atoms with E-state index in [4.69, 9.17) is 5.73 Å². The summed E-state index contributed by atoms with van der Waals surface area (Å²) in [5.41, 5.74) is 8.66. The van der Waals surface area contributed by atoms with Crippen molar-refractivity contribution in [3.63, 3.8) is 0 Å². The molecule has 2 rings (SSSR count). The molecular weight excluding hydrogens is 229 g/mol. The van der Waals surface area contributed by atoms with Gasteiger partial charge in [-0.2, -0.15) is 5.10 Å². The average Bonchev–Trinajstić information content (AvgIpc) is 2.72. The average molecular weight is 247 g/mol. The van der Waals surface area contributed by atoms with E-state index in [-0.39, 0.29) is 11.9 Å². The van der Waals surface area contributed by atoms with Crippen LogP contribution in [0.5, 0.6) is 0 Å². The summed E-state index contributed by atoms with van der Waals surface area (Å²) in [5, 5.41) is 4.10. The van der Waals surface area contributed by atoms with Crippen molar-refractivity contribution in [2.45, 2.75) is 25.8 Å². The van der Waals surface area contributed by atoms with Crippen molar-refractivity contribution in [3.05, 3.63) is 53.1 Å². The Bertz CT molecular complexity index is 534. The van der Waals surface area contributed by atoms with Gasteiger partial charge in [-0.3, -0.25) is 4.68 Å². The van der Waals surface area contributed by atoms with Crippen LogP contribution in [0.2, 0.25) is 0 Å². The maximum atomic E-state index is 13.7. The van der Waals surface area contributed by atoms with Gasteiger partial charge in [-0.05, 0) is 37.0 Å². The molecule has 0 fully saturated rings. The second kappa shape index (κ2) is 5.31. The Hall–Kier alpha value is -1.68. The van der Waals surface area contributed by atoms with Crippen molar-refractivity contribution in [3.8, 4) is 0 Å².